The van der Waals surface area contributed by atoms with Gasteiger partial charge in [-0.15, -0.1) is 0 Å². The average Bonchev–Trinajstić information content (AvgIpc) is 3.13. The van der Waals surface area contributed by atoms with Crippen LogP contribution in [0.4, 0.5) is 0 Å². The summed E-state index contributed by atoms with van der Waals surface area (Å²) >= 11 is 0. The third kappa shape index (κ3) is 8.33. The van der Waals surface area contributed by atoms with E-state index in [1.165, 1.54) is 22.3 Å². The molecule has 0 saturated carbocycles. The van der Waals surface area contributed by atoms with Gasteiger partial charge in [0.1, 0.15) is 49.4 Å². The van der Waals surface area contributed by atoms with Crippen LogP contribution >= 0.6 is 0 Å². The molecule has 8 nitrogen and oxygen atoms in total. The first kappa shape index (κ1) is 30.9. The van der Waals surface area contributed by atoms with Crippen molar-refractivity contribution in [3.63, 3.8) is 0 Å². The smallest absolute Gasteiger partial charge is 0.182 e. The Kier molecular flexibility index (Phi) is 9.79. The van der Waals surface area contributed by atoms with Gasteiger partial charge >= 0.3 is 0 Å². The Bertz CT molecular complexity index is 1640. The van der Waals surface area contributed by atoms with E-state index in [1.807, 2.05) is 48.5 Å². The van der Waals surface area contributed by atoms with Gasteiger partial charge in [-0.2, -0.15) is 0 Å². The van der Waals surface area contributed by atoms with Crippen molar-refractivity contribution in [2.24, 2.45) is 0 Å². The van der Waals surface area contributed by atoms with E-state index in [0.29, 0.717) is 26.4 Å². The Morgan fingerprint density at radius 3 is 0.771 bits per heavy atom. The van der Waals surface area contributed by atoms with E-state index >= 15 is 0 Å². The van der Waals surface area contributed by atoms with E-state index < -0.39 is 0 Å². The van der Waals surface area contributed by atoms with Crippen LogP contribution < -0.4 is 37.2 Å². The second-order valence-electron chi connectivity index (χ2n) is 11.6. The maximum atomic E-state index is 6.06. The molecule has 12 bridgehead atoms. The predicted molar refractivity (Wildman–Crippen MR) is 179 cm³/mol. The maximum Gasteiger partial charge on any atom is 0.182 e. The highest BCUT2D eigenvalue weighted by atomic mass is 16.5. The largest absolute Gasteiger partial charge is 0.487 e. The van der Waals surface area contributed by atoms with E-state index in [4.69, 9.17) is 18.9 Å². The van der Waals surface area contributed by atoms with Crippen molar-refractivity contribution in [3.05, 3.63) is 147 Å². The highest BCUT2D eigenvalue weighted by Gasteiger charge is 2.10. The van der Waals surface area contributed by atoms with E-state index in [1.54, 1.807) is 0 Å². The van der Waals surface area contributed by atoms with Crippen LogP contribution in [0, 0.1) is 0 Å². The van der Waals surface area contributed by atoms with Crippen LogP contribution in [0.3, 0.4) is 0 Å². The summed E-state index contributed by atoms with van der Waals surface area (Å²) in [5.74, 6) is 3.19. The minimum atomic E-state index is 0.557. The van der Waals surface area contributed by atoms with Gasteiger partial charge in [0.25, 0.3) is 0 Å². The number of ether oxygens (including phenoxy) is 4. The Labute approximate surface area is 281 Å². The maximum absolute atomic E-state index is 6.06. The zero-order valence-corrected chi connectivity index (χ0v) is 26.9. The van der Waals surface area contributed by atoms with E-state index in [9.17, 15) is 0 Å². The highest BCUT2D eigenvalue weighted by Crippen LogP contribution is 2.21. The van der Waals surface area contributed by atoms with E-state index in [0.717, 1.165) is 49.2 Å². The number of pyridine rings is 4. The standard InChI is InChI=1S/C40H40N4O4/c1-3-37-31-38(4-1)46-28-24-42-17-9-34(10-18-42)36-13-21-44(22-14-36)26-30-48-40-6-2-5-39(32-40)47-29-25-43-19-11-35(12-20-43)33-7-15-41(16-8-33)23-27-45-37/h1-22,31-32H,23-30H2/q+4. The summed E-state index contributed by atoms with van der Waals surface area (Å²) in [6.07, 6.45) is 16.7. The van der Waals surface area contributed by atoms with Crippen LogP contribution in [0.5, 0.6) is 23.0 Å². The second-order valence-corrected chi connectivity index (χ2v) is 11.6. The fraction of sp³-hybridized carbons (Fsp3) is 0.200. The van der Waals surface area contributed by atoms with Gasteiger partial charge in [0.15, 0.2) is 75.8 Å². The molecule has 13 rings (SSSR count). The molecule has 0 aliphatic carbocycles. The molecular weight excluding hydrogens is 600 g/mol. The third-order valence-corrected chi connectivity index (χ3v) is 8.32. The zero-order valence-electron chi connectivity index (χ0n) is 26.9. The van der Waals surface area contributed by atoms with Crippen LogP contribution in [0.2, 0.25) is 0 Å². The molecule has 0 N–H and O–H groups in total. The number of aromatic nitrogens is 4. The van der Waals surface area contributed by atoms with Crippen molar-refractivity contribution in [2.45, 2.75) is 26.2 Å². The minimum Gasteiger partial charge on any atom is -0.487 e. The first-order valence-corrected chi connectivity index (χ1v) is 16.4. The molecule has 11 heterocycles. The third-order valence-electron chi connectivity index (χ3n) is 8.32. The Morgan fingerprint density at radius 2 is 0.542 bits per heavy atom. The summed E-state index contributed by atoms with van der Waals surface area (Å²) in [6, 6.07) is 32.8. The average molecular weight is 641 g/mol. The van der Waals surface area contributed by atoms with Crippen LogP contribution in [0.25, 0.3) is 22.3 Å². The number of benzene rings is 2. The van der Waals surface area contributed by atoms with Gasteiger partial charge in [0.2, 0.25) is 0 Å². The minimum absolute atomic E-state index is 0.557. The van der Waals surface area contributed by atoms with Crippen LogP contribution in [0.1, 0.15) is 0 Å². The molecule has 8 heteroatoms. The van der Waals surface area contributed by atoms with Crippen molar-refractivity contribution in [1.29, 1.82) is 0 Å². The van der Waals surface area contributed by atoms with E-state index in [2.05, 4.69) is 116 Å². The Hall–Kier alpha value is -5.76. The lowest BCUT2D eigenvalue weighted by atomic mass is 10.1. The van der Waals surface area contributed by atoms with Crippen molar-refractivity contribution in [2.75, 3.05) is 26.4 Å². The molecule has 6 aromatic rings. The predicted octanol–water partition coefficient (Wildman–Crippen LogP) is 4.80. The van der Waals surface area contributed by atoms with Crippen molar-refractivity contribution >= 4 is 0 Å². The van der Waals surface area contributed by atoms with Crippen LogP contribution in [-0.2, 0) is 26.2 Å². The summed E-state index contributed by atoms with van der Waals surface area (Å²) in [7, 11) is 0. The summed E-state index contributed by atoms with van der Waals surface area (Å²) < 4.78 is 32.8. The summed E-state index contributed by atoms with van der Waals surface area (Å²) in [6.45, 7) is 5.19. The molecule has 0 spiro atoms. The topological polar surface area (TPSA) is 52.4 Å². The van der Waals surface area contributed by atoms with Gasteiger partial charge in [-0.05, 0) is 46.5 Å². The quantitative estimate of drug-likeness (QED) is 0.224. The van der Waals surface area contributed by atoms with Gasteiger partial charge in [0, 0.05) is 60.7 Å². The molecule has 0 unspecified atom stereocenters. The molecule has 7 aliphatic rings. The lowest BCUT2D eigenvalue weighted by molar-refractivity contribution is -0.697. The summed E-state index contributed by atoms with van der Waals surface area (Å²) in [5.41, 5.74) is 4.66. The number of rotatable bonds is 0. The first-order chi connectivity index (χ1) is 23.7. The van der Waals surface area contributed by atoms with Gasteiger partial charge < -0.3 is 18.9 Å². The normalized spacial score (nSPS) is 13.8. The molecule has 0 amide bonds. The summed E-state index contributed by atoms with van der Waals surface area (Å²) in [5, 5.41) is 0. The van der Waals surface area contributed by atoms with Crippen molar-refractivity contribution in [3.8, 4) is 45.3 Å². The summed E-state index contributed by atoms with van der Waals surface area (Å²) in [4.78, 5) is 0. The molecule has 0 fully saturated rings. The second kappa shape index (κ2) is 15.2. The molecule has 240 valence electrons. The number of hydrogen-bond acceptors (Lipinski definition) is 4. The molecule has 0 saturated heterocycles. The fourth-order valence-electron chi connectivity index (χ4n) is 5.58. The van der Waals surface area contributed by atoms with Crippen molar-refractivity contribution in [1.82, 2.24) is 0 Å². The van der Waals surface area contributed by atoms with Crippen LogP contribution in [-0.4, -0.2) is 26.4 Å². The van der Waals surface area contributed by atoms with Gasteiger partial charge in [-0.1, -0.05) is 12.1 Å². The SMILES string of the molecule is c1cc2cc(c1)OCC[n+]1ccc(cc1)-c1cc[n+](cc1)CCOc1cccc(c1)OCC[n+]1ccc(cc1)-c1cc[n+](cc1)CCO2. The van der Waals surface area contributed by atoms with E-state index in [-0.39, 0.29) is 0 Å². The Balaban J connectivity index is 1.04. The van der Waals surface area contributed by atoms with Crippen molar-refractivity contribution < 1.29 is 37.2 Å². The fourth-order valence-corrected chi connectivity index (χ4v) is 5.58. The number of hydrogen-bond donors (Lipinski definition) is 0. The van der Waals surface area contributed by atoms with Gasteiger partial charge in [-0.3, -0.25) is 0 Å². The number of nitrogens with zero attached hydrogens (tertiary/aromatic N) is 4. The lowest BCUT2D eigenvalue weighted by Gasteiger charge is -2.09. The molecule has 0 radical (unpaired) electrons. The molecule has 7 aliphatic heterocycles. The van der Waals surface area contributed by atoms with Crippen LogP contribution in [0.15, 0.2) is 147 Å². The van der Waals surface area contributed by atoms with Gasteiger partial charge in [0.05, 0.1) is 0 Å². The monoisotopic (exact) mass is 640 g/mol. The van der Waals surface area contributed by atoms with Gasteiger partial charge in [-0.25, -0.2) is 18.3 Å². The first-order valence-electron chi connectivity index (χ1n) is 16.4. The molecule has 48 heavy (non-hydrogen) atoms. The Morgan fingerprint density at radius 1 is 0.312 bits per heavy atom. The molecule has 0 atom stereocenters. The zero-order chi connectivity index (χ0) is 32.4. The molecule has 4 aromatic heterocycles. The molecule has 2 aromatic carbocycles. The lowest BCUT2D eigenvalue weighted by Crippen LogP contribution is -2.36. The molecular formula is C40H40N4O4+4. The highest BCUT2D eigenvalue weighted by molar-refractivity contribution is 5.61.